The van der Waals surface area contributed by atoms with Crippen LogP contribution in [0.1, 0.15) is 18.6 Å². The van der Waals surface area contributed by atoms with Crippen molar-refractivity contribution in [3.8, 4) is 0 Å². The standard InChI is InChI=1S/C11H16ClNO4S/c1-16-9-4-6-13(7-5-9)18(14,15)11-3-2-10(8-12)17-11/h2-3,9H,4-8H2,1H3. The number of methoxy groups -OCH3 is 1. The smallest absolute Gasteiger partial charge is 0.276 e. The molecule has 0 radical (unpaired) electrons. The van der Waals surface area contributed by atoms with E-state index >= 15 is 0 Å². The number of piperidine rings is 1. The number of alkyl halides is 1. The van der Waals surface area contributed by atoms with Crippen LogP contribution in [0.15, 0.2) is 21.6 Å². The number of sulfonamides is 1. The Kier molecular flexibility index (Phi) is 4.32. The van der Waals surface area contributed by atoms with Crippen molar-refractivity contribution in [3.05, 3.63) is 17.9 Å². The summed E-state index contributed by atoms with van der Waals surface area (Å²) in [5, 5.41) is -0.0333. The molecule has 0 amide bonds. The molecule has 7 heteroatoms. The summed E-state index contributed by atoms with van der Waals surface area (Å²) in [5.74, 6) is 0.628. The van der Waals surface area contributed by atoms with E-state index in [2.05, 4.69) is 0 Å². The van der Waals surface area contributed by atoms with Crippen LogP contribution in [0.4, 0.5) is 0 Å². The minimum Gasteiger partial charge on any atom is -0.447 e. The number of furan rings is 1. The normalized spacial score (nSPS) is 19.2. The number of ether oxygens (including phenoxy) is 1. The van der Waals surface area contributed by atoms with E-state index in [9.17, 15) is 8.42 Å². The van der Waals surface area contributed by atoms with Crippen molar-refractivity contribution in [1.29, 1.82) is 0 Å². The molecule has 0 N–H and O–H groups in total. The average molecular weight is 294 g/mol. The molecular formula is C11H16ClNO4S. The fourth-order valence-electron chi connectivity index (χ4n) is 2.00. The maximum atomic E-state index is 12.3. The van der Waals surface area contributed by atoms with Crippen LogP contribution in [0, 0.1) is 0 Å². The fourth-order valence-corrected chi connectivity index (χ4v) is 3.55. The topological polar surface area (TPSA) is 59.8 Å². The van der Waals surface area contributed by atoms with E-state index in [1.807, 2.05) is 0 Å². The Morgan fingerprint density at radius 1 is 1.44 bits per heavy atom. The van der Waals surface area contributed by atoms with E-state index in [0.717, 1.165) is 0 Å². The van der Waals surface area contributed by atoms with Gasteiger partial charge in [-0.15, -0.1) is 11.6 Å². The number of hydrogen-bond acceptors (Lipinski definition) is 4. The van der Waals surface area contributed by atoms with Crippen molar-refractivity contribution in [2.24, 2.45) is 0 Å². The quantitative estimate of drug-likeness (QED) is 0.795. The number of rotatable bonds is 4. The number of hydrogen-bond donors (Lipinski definition) is 0. The molecule has 1 fully saturated rings. The summed E-state index contributed by atoms with van der Waals surface area (Å²) in [6.07, 6.45) is 1.56. The summed E-state index contributed by atoms with van der Waals surface area (Å²) < 4.78 is 36.4. The molecule has 1 aromatic rings. The first-order chi connectivity index (χ1) is 8.57. The molecule has 18 heavy (non-hydrogen) atoms. The summed E-state index contributed by atoms with van der Waals surface area (Å²) in [5.41, 5.74) is 0. The van der Waals surface area contributed by atoms with Gasteiger partial charge in [0.25, 0.3) is 10.0 Å². The highest BCUT2D eigenvalue weighted by Crippen LogP contribution is 2.23. The molecule has 1 aliphatic rings. The lowest BCUT2D eigenvalue weighted by Crippen LogP contribution is -2.40. The van der Waals surface area contributed by atoms with Gasteiger partial charge in [0.1, 0.15) is 5.76 Å². The summed E-state index contributed by atoms with van der Waals surface area (Å²) in [7, 11) is -1.88. The van der Waals surface area contributed by atoms with Gasteiger partial charge < -0.3 is 9.15 Å². The fraction of sp³-hybridized carbons (Fsp3) is 0.636. The van der Waals surface area contributed by atoms with Crippen molar-refractivity contribution in [2.45, 2.75) is 29.9 Å². The monoisotopic (exact) mass is 293 g/mol. The van der Waals surface area contributed by atoms with E-state index in [-0.39, 0.29) is 17.1 Å². The van der Waals surface area contributed by atoms with E-state index in [0.29, 0.717) is 31.7 Å². The third kappa shape index (κ3) is 2.71. The lowest BCUT2D eigenvalue weighted by Gasteiger charge is -2.29. The molecule has 0 atom stereocenters. The van der Waals surface area contributed by atoms with Crippen molar-refractivity contribution in [1.82, 2.24) is 4.31 Å². The van der Waals surface area contributed by atoms with Gasteiger partial charge in [0, 0.05) is 20.2 Å². The first-order valence-corrected chi connectivity index (χ1v) is 7.73. The molecular weight excluding hydrogens is 278 g/mol. The van der Waals surface area contributed by atoms with Gasteiger partial charge >= 0.3 is 0 Å². The molecule has 2 heterocycles. The molecule has 2 rings (SSSR count). The highest BCUT2D eigenvalue weighted by atomic mass is 35.5. The van der Waals surface area contributed by atoms with Gasteiger partial charge in [0.2, 0.25) is 5.09 Å². The molecule has 1 aromatic heterocycles. The van der Waals surface area contributed by atoms with E-state index in [1.54, 1.807) is 13.2 Å². The maximum absolute atomic E-state index is 12.3. The summed E-state index contributed by atoms with van der Waals surface area (Å²) in [4.78, 5) is 0. The second-order valence-electron chi connectivity index (χ2n) is 4.19. The summed E-state index contributed by atoms with van der Waals surface area (Å²) in [6.45, 7) is 0.912. The Morgan fingerprint density at radius 2 is 2.11 bits per heavy atom. The molecule has 0 aromatic carbocycles. The van der Waals surface area contributed by atoms with Crippen molar-refractivity contribution in [3.63, 3.8) is 0 Å². The lowest BCUT2D eigenvalue weighted by molar-refractivity contribution is 0.0601. The van der Waals surface area contributed by atoms with Gasteiger partial charge in [-0.3, -0.25) is 0 Å². The predicted octanol–water partition coefficient (Wildman–Crippen LogP) is 1.82. The molecule has 0 saturated carbocycles. The van der Waals surface area contributed by atoms with Gasteiger partial charge in [-0.25, -0.2) is 8.42 Å². The van der Waals surface area contributed by atoms with Crippen LogP contribution in [0.5, 0.6) is 0 Å². The zero-order valence-electron chi connectivity index (χ0n) is 10.1. The SMILES string of the molecule is COC1CCN(S(=O)(=O)c2ccc(CCl)o2)CC1. The lowest BCUT2D eigenvalue weighted by atomic mass is 10.1. The maximum Gasteiger partial charge on any atom is 0.276 e. The van der Waals surface area contributed by atoms with Crippen LogP contribution >= 0.6 is 11.6 Å². The first kappa shape index (κ1) is 13.9. The molecule has 0 bridgehead atoms. The highest BCUT2D eigenvalue weighted by Gasteiger charge is 2.31. The molecule has 102 valence electrons. The van der Waals surface area contributed by atoms with Gasteiger partial charge in [0.15, 0.2) is 0 Å². The van der Waals surface area contributed by atoms with Crippen LogP contribution in [0.3, 0.4) is 0 Å². The zero-order valence-corrected chi connectivity index (χ0v) is 11.7. The van der Waals surface area contributed by atoms with Crippen LogP contribution < -0.4 is 0 Å². The van der Waals surface area contributed by atoms with Crippen LogP contribution in [-0.2, 0) is 20.6 Å². The van der Waals surface area contributed by atoms with E-state index < -0.39 is 10.0 Å². The van der Waals surface area contributed by atoms with Gasteiger partial charge in [-0.1, -0.05) is 0 Å². The van der Waals surface area contributed by atoms with E-state index in [1.165, 1.54) is 10.4 Å². The third-order valence-electron chi connectivity index (χ3n) is 3.10. The Morgan fingerprint density at radius 3 is 2.61 bits per heavy atom. The summed E-state index contributed by atoms with van der Waals surface area (Å²) >= 11 is 5.60. The zero-order chi connectivity index (χ0) is 13.2. The largest absolute Gasteiger partial charge is 0.447 e. The molecule has 1 aliphatic heterocycles. The average Bonchev–Trinajstić information content (AvgIpc) is 2.88. The van der Waals surface area contributed by atoms with Gasteiger partial charge in [0.05, 0.1) is 12.0 Å². The summed E-state index contributed by atoms with van der Waals surface area (Å²) in [6, 6.07) is 3.04. The molecule has 0 spiro atoms. The molecule has 5 nitrogen and oxygen atoms in total. The van der Waals surface area contributed by atoms with Crippen LogP contribution in [-0.4, -0.2) is 39.0 Å². The van der Waals surface area contributed by atoms with Crippen molar-refractivity contribution < 1.29 is 17.6 Å². The second-order valence-corrected chi connectivity index (χ2v) is 6.33. The van der Waals surface area contributed by atoms with Gasteiger partial charge in [-0.05, 0) is 25.0 Å². The third-order valence-corrected chi connectivity index (χ3v) is 5.13. The van der Waals surface area contributed by atoms with E-state index in [4.69, 9.17) is 20.8 Å². The molecule has 0 aliphatic carbocycles. The Bertz CT molecular complexity index is 491. The highest BCUT2D eigenvalue weighted by molar-refractivity contribution is 7.89. The predicted molar refractivity (Wildman–Crippen MR) is 67.1 cm³/mol. The first-order valence-electron chi connectivity index (χ1n) is 5.75. The van der Waals surface area contributed by atoms with Crippen molar-refractivity contribution in [2.75, 3.05) is 20.2 Å². The Labute approximate surface area is 112 Å². The number of halogens is 1. The Hall–Kier alpha value is -0.560. The number of nitrogens with zero attached hydrogens (tertiary/aromatic N) is 1. The molecule has 1 saturated heterocycles. The van der Waals surface area contributed by atoms with Crippen LogP contribution in [0.2, 0.25) is 0 Å². The minimum absolute atomic E-state index is 0.0333. The van der Waals surface area contributed by atoms with Gasteiger partial charge in [-0.2, -0.15) is 4.31 Å². The molecule has 0 unspecified atom stereocenters. The Balaban J connectivity index is 2.12. The van der Waals surface area contributed by atoms with Crippen molar-refractivity contribution >= 4 is 21.6 Å². The van der Waals surface area contributed by atoms with Crippen LogP contribution in [0.25, 0.3) is 0 Å². The minimum atomic E-state index is -3.53. The second kappa shape index (κ2) is 5.61.